The molecule has 142 valence electrons. The number of pyridine rings is 1. The number of rotatable bonds is 4. The summed E-state index contributed by atoms with van der Waals surface area (Å²) in [5.41, 5.74) is -1.62. The SMILES string of the molecule is CC[C@H](NC(=O)OC(C)(C)C)c1nc(-c2ccnc(C(F)(F)F)c2)no1. The van der Waals surface area contributed by atoms with E-state index in [9.17, 15) is 18.0 Å². The number of aromatic nitrogens is 3. The van der Waals surface area contributed by atoms with Gasteiger partial charge in [0.25, 0.3) is 0 Å². The van der Waals surface area contributed by atoms with Crippen molar-refractivity contribution in [1.82, 2.24) is 20.4 Å². The molecule has 2 heterocycles. The van der Waals surface area contributed by atoms with Gasteiger partial charge < -0.3 is 14.6 Å². The van der Waals surface area contributed by atoms with E-state index in [0.717, 1.165) is 12.3 Å². The van der Waals surface area contributed by atoms with Crippen LogP contribution in [0.3, 0.4) is 0 Å². The number of carbonyl (C=O) groups excluding carboxylic acids is 1. The summed E-state index contributed by atoms with van der Waals surface area (Å²) < 4.78 is 48.5. The van der Waals surface area contributed by atoms with E-state index >= 15 is 0 Å². The van der Waals surface area contributed by atoms with Crippen LogP contribution in [0.15, 0.2) is 22.9 Å². The number of halogens is 3. The van der Waals surface area contributed by atoms with E-state index in [0.29, 0.717) is 6.42 Å². The molecule has 0 aliphatic rings. The number of nitrogens with one attached hydrogen (secondary N) is 1. The number of alkyl halides is 3. The van der Waals surface area contributed by atoms with Gasteiger partial charge in [0, 0.05) is 11.8 Å². The maximum absolute atomic E-state index is 12.8. The third kappa shape index (κ3) is 5.17. The van der Waals surface area contributed by atoms with E-state index < -0.39 is 29.6 Å². The molecule has 0 aromatic carbocycles. The molecule has 0 bridgehead atoms. The average Bonchev–Trinajstić information content (AvgIpc) is 3.00. The lowest BCUT2D eigenvalue weighted by molar-refractivity contribution is -0.141. The summed E-state index contributed by atoms with van der Waals surface area (Å²) in [5.74, 6) is 0.0380. The molecule has 1 amide bonds. The molecule has 7 nitrogen and oxygen atoms in total. The summed E-state index contributed by atoms with van der Waals surface area (Å²) in [6.45, 7) is 6.94. The Morgan fingerprint density at radius 3 is 2.62 bits per heavy atom. The Morgan fingerprint density at radius 1 is 1.35 bits per heavy atom. The third-order valence-corrected chi connectivity index (χ3v) is 3.15. The van der Waals surface area contributed by atoms with Crippen LogP contribution in [0.1, 0.15) is 51.7 Å². The van der Waals surface area contributed by atoms with E-state index in [2.05, 4.69) is 20.4 Å². The molecule has 26 heavy (non-hydrogen) atoms. The van der Waals surface area contributed by atoms with E-state index in [4.69, 9.17) is 9.26 Å². The van der Waals surface area contributed by atoms with Crippen molar-refractivity contribution >= 4 is 6.09 Å². The van der Waals surface area contributed by atoms with Crippen LogP contribution in [0.5, 0.6) is 0 Å². The maximum Gasteiger partial charge on any atom is 0.433 e. The lowest BCUT2D eigenvalue weighted by atomic mass is 10.2. The number of amides is 1. The van der Waals surface area contributed by atoms with Crippen LogP contribution in [0.2, 0.25) is 0 Å². The molecule has 0 aliphatic carbocycles. The molecule has 2 rings (SSSR count). The molecule has 0 saturated heterocycles. The minimum atomic E-state index is -4.58. The van der Waals surface area contributed by atoms with E-state index in [-0.39, 0.29) is 17.3 Å². The lowest BCUT2D eigenvalue weighted by Crippen LogP contribution is -2.34. The highest BCUT2D eigenvalue weighted by molar-refractivity contribution is 5.68. The first kappa shape index (κ1) is 19.7. The lowest BCUT2D eigenvalue weighted by Gasteiger charge is -2.21. The fourth-order valence-corrected chi connectivity index (χ4v) is 2.01. The molecule has 0 fully saturated rings. The van der Waals surface area contributed by atoms with Gasteiger partial charge in [0.2, 0.25) is 11.7 Å². The zero-order valence-corrected chi connectivity index (χ0v) is 14.7. The highest BCUT2D eigenvalue weighted by Gasteiger charge is 2.33. The molecule has 0 saturated carbocycles. The molecule has 10 heteroatoms. The van der Waals surface area contributed by atoms with Crippen molar-refractivity contribution in [2.75, 3.05) is 0 Å². The van der Waals surface area contributed by atoms with Gasteiger partial charge in [-0.05, 0) is 39.3 Å². The van der Waals surface area contributed by atoms with Crippen LogP contribution in [-0.4, -0.2) is 26.8 Å². The highest BCUT2D eigenvalue weighted by Crippen LogP contribution is 2.30. The number of nitrogens with zero attached hydrogens (tertiary/aromatic N) is 3. The van der Waals surface area contributed by atoms with E-state index in [1.165, 1.54) is 6.07 Å². The number of carbonyl (C=O) groups is 1. The van der Waals surface area contributed by atoms with Crippen LogP contribution in [0, 0.1) is 0 Å². The van der Waals surface area contributed by atoms with Crippen molar-refractivity contribution in [3.8, 4) is 11.4 Å². The number of ether oxygens (including phenoxy) is 1. The van der Waals surface area contributed by atoms with Crippen LogP contribution in [0.25, 0.3) is 11.4 Å². The minimum absolute atomic E-state index is 0.0302. The molecule has 0 unspecified atom stereocenters. The van der Waals surface area contributed by atoms with Gasteiger partial charge in [-0.3, -0.25) is 4.98 Å². The van der Waals surface area contributed by atoms with Gasteiger partial charge in [0.05, 0.1) is 0 Å². The monoisotopic (exact) mass is 372 g/mol. The molecule has 0 spiro atoms. The van der Waals surface area contributed by atoms with Crippen molar-refractivity contribution in [2.24, 2.45) is 0 Å². The second-order valence-electron chi connectivity index (χ2n) is 6.49. The fraction of sp³-hybridized carbons (Fsp3) is 0.500. The van der Waals surface area contributed by atoms with Crippen molar-refractivity contribution in [1.29, 1.82) is 0 Å². The Kier molecular flexibility index (Phi) is 5.53. The van der Waals surface area contributed by atoms with Crippen molar-refractivity contribution in [3.63, 3.8) is 0 Å². The predicted molar refractivity (Wildman–Crippen MR) is 84.9 cm³/mol. The van der Waals surface area contributed by atoms with Crippen molar-refractivity contribution < 1.29 is 27.2 Å². The molecular formula is C16H19F3N4O3. The van der Waals surface area contributed by atoms with Crippen LogP contribution >= 0.6 is 0 Å². The molecule has 2 aromatic rings. The maximum atomic E-state index is 12.8. The Bertz CT molecular complexity index is 769. The van der Waals surface area contributed by atoms with Gasteiger partial charge >= 0.3 is 12.3 Å². The summed E-state index contributed by atoms with van der Waals surface area (Å²) in [7, 11) is 0. The predicted octanol–water partition coefficient (Wildman–Crippen LogP) is 4.13. The number of alkyl carbamates (subject to hydrolysis) is 1. The van der Waals surface area contributed by atoms with Gasteiger partial charge in [0.1, 0.15) is 17.3 Å². The summed E-state index contributed by atoms with van der Waals surface area (Å²) in [6, 6.07) is 1.54. The van der Waals surface area contributed by atoms with Gasteiger partial charge in [-0.1, -0.05) is 12.1 Å². The molecule has 2 aromatic heterocycles. The summed E-state index contributed by atoms with van der Waals surface area (Å²) in [4.78, 5) is 19.2. The normalized spacial score (nSPS) is 13.3. The average molecular weight is 372 g/mol. The third-order valence-electron chi connectivity index (χ3n) is 3.15. The smallest absolute Gasteiger partial charge is 0.433 e. The second-order valence-corrected chi connectivity index (χ2v) is 6.49. The summed E-state index contributed by atoms with van der Waals surface area (Å²) >= 11 is 0. The second kappa shape index (κ2) is 7.30. The van der Waals surface area contributed by atoms with Crippen molar-refractivity contribution in [2.45, 2.75) is 51.9 Å². The summed E-state index contributed by atoms with van der Waals surface area (Å²) in [5, 5.41) is 6.28. The first-order valence-corrected chi connectivity index (χ1v) is 7.86. The van der Waals surface area contributed by atoms with Crippen LogP contribution in [0.4, 0.5) is 18.0 Å². The summed E-state index contributed by atoms with van der Waals surface area (Å²) in [6.07, 6.45) is -3.80. The van der Waals surface area contributed by atoms with Crippen LogP contribution in [-0.2, 0) is 10.9 Å². The Hall–Kier alpha value is -2.65. The quantitative estimate of drug-likeness (QED) is 0.868. The number of hydrogen-bond donors (Lipinski definition) is 1. The molecule has 1 atom stereocenters. The van der Waals surface area contributed by atoms with Gasteiger partial charge in [-0.15, -0.1) is 0 Å². The first-order chi connectivity index (χ1) is 12.0. The van der Waals surface area contributed by atoms with Gasteiger partial charge in [-0.2, -0.15) is 18.2 Å². The Labute approximate surface area is 147 Å². The van der Waals surface area contributed by atoms with E-state index in [1.807, 2.05) is 0 Å². The van der Waals surface area contributed by atoms with Crippen molar-refractivity contribution in [3.05, 3.63) is 29.9 Å². The molecule has 0 radical (unpaired) electrons. The molecular weight excluding hydrogens is 353 g/mol. The molecule has 0 aliphatic heterocycles. The topological polar surface area (TPSA) is 90.1 Å². The fourth-order valence-electron chi connectivity index (χ4n) is 2.01. The largest absolute Gasteiger partial charge is 0.444 e. The zero-order chi connectivity index (χ0) is 19.5. The molecule has 1 N–H and O–H groups in total. The van der Waals surface area contributed by atoms with Gasteiger partial charge in [-0.25, -0.2) is 4.79 Å². The Morgan fingerprint density at radius 2 is 2.04 bits per heavy atom. The number of hydrogen-bond acceptors (Lipinski definition) is 6. The van der Waals surface area contributed by atoms with E-state index in [1.54, 1.807) is 27.7 Å². The van der Waals surface area contributed by atoms with Crippen LogP contribution < -0.4 is 5.32 Å². The zero-order valence-electron chi connectivity index (χ0n) is 14.7. The van der Waals surface area contributed by atoms with Gasteiger partial charge in [0.15, 0.2) is 0 Å². The standard InChI is InChI=1S/C16H19F3N4O3/c1-5-10(21-14(24)25-15(2,3)4)13-22-12(23-26-13)9-6-7-20-11(8-9)16(17,18)19/h6-8,10H,5H2,1-4H3,(H,21,24)/t10-/m0/s1. The minimum Gasteiger partial charge on any atom is -0.444 e. The highest BCUT2D eigenvalue weighted by atomic mass is 19.4. The Balaban J connectivity index is 2.19. The first-order valence-electron chi connectivity index (χ1n) is 7.86.